The quantitative estimate of drug-likeness (QED) is 0.0896. The summed E-state index contributed by atoms with van der Waals surface area (Å²) in [5, 5.41) is 0. The van der Waals surface area contributed by atoms with E-state index in [1.807, 2.05) is 133 Å². The van der Waals surface area contributed by atoms with Gasteiger partial charge in [-0.05, 0) is 194 Å². The maximum atomic E-state index is 5.99. The van der Waals surface area contributed by atoms with Crippen LogP contribution >= 0.6 is 0 Å². The van der Waals surface area contributed by atoms with Crippen LogP contribution < -0.4 is 41.9 Å². The highest BCUT2D eigenvalue weighted by Gasteiger charge is 2.08. The Hall–Kier alpha value is -7.84. The molecule has 8 N–H and O–H groups in total. The summed E-state index contributed by atoms with van der Waals surface area (Å²) in [6.07, 6.45) is 1.68. The number of benzene rings is 8. The van der Waals surface area contributed by atoms with Gasteiger partial charge in [-0.1, -0.05) is 48.5 Å². The summed E-state index contributed by atoms with van der Waals surface area (Å²) in [5.41, 5.74) is 32.8. The Bertz CT molecular complexity index is 2430. The molecule has 0 aromatic heterocycles. The summed E-state index contributed by atoms with van der Waals surface area (Å²) in [6.45, 7) is 4.12. The van der Waals surface area contributed by atoms with Crippen molar-refractivity contribution in [3.05, 3.63) is 215 Å². The average Bonchev–Trinajstić information content (AvgIpc) is 3.25. The molecule has 60 heavy (non-hydrogen) atoms. The molecule has 0 bridgehead atoms. The van der Waals surface area contributed by atoms with Gasteiger partial charge in [-0.25, -0.2) is 0 Å². The molecule has 0 saturated heterocycles. The Morgan fingerprint density at radius 3 is 0.800 bits per heavy atom. The molecule has 0 radical (unpaired) electrons. The summed E-state index contributed by atoms with van der Waals surface area (Å²) >= 11 is 0. The zero-order valence-corrected chi connectivity index (χ0v) is 33.7. The predicted molar refractivity (Wildman–Crippen MR) is 245 cm³/mol. The van der Waals surface area contributed by atoms with Crippen molar-refractivity contribution in [2.45, 2.75) is 26.7 Å². The number of hydrogen-bond donors (Lipinski definition) is 4. The van der Waals surface area contributed by atoms with Crippen LogP contribution in [0.2, 0.25) is 0 Å². The van der Waals surface area contributed by atoms with E-state index in [-0.39, 0.29) is 0 Å². The third kappa shape index (κ3) is 11.6. The first-order valence-electron chi connectivity index (χ1n) is 19.6. The fourth-order valence-corrected chi connectivity index (χ4v) is 6.36. The predicted octanol–water partition coefficient (Wildman–Crippen LogP) is 12.7. The van der Waals surface area contributed by atoms with E-state index in [0.717, 1.165) is 92.7 Å². The standard InChI is InChI=1S/C27H26N2O2.C25H22N2O2/c1-18-15-20(3-13-26(18)30-24-9-5-22(28)6-10-24)17-21-4-14-27(19(2)16-21)31-25-11-7-23(29)8-12-25;26-20-5-13-24(14-6-20)28-22-9-1-18(2-10-22)17-19-3-11-23(12-4-19)29-25-15-7-21(27)8-16-25/h3-16H,17,28-29H2,1-2H3;1-16H,17,26-27H2. The van der Waals surface area contributed by atoms with Crippen molar-refractivity contribution in [3.8, 4) is 46.0 Å². The lowest BCUT2D eigenvalue weighted by Crippen LogP contribution is -1.94. The molecule has 300 valence electrons. The number of rotatable bonds is 12. The maximum Gasteiger partial charge on any atom is 0.130 e. The van der Waals surface area contributed by atoms with Crippen LogP contribution in [0.25, 0.3) is 0 Å². The lowest BCUT2D eigenvalue weighted by molar-refractivity contribution is 0.478. The van der Waals surface area contributed by atoms with Crippen LogP contribution in [0.4, 0.5) is 22.7 Å². The van der Waals surface area contributed by atoms with E-state index in [4.69, 9.17) is 41.9 Å². The minimum Gasteiger partial charge on any atom is -0.457 e. The van der Waals surface area contributed by atoms with Gasteiger partial charge in [-0.2, -0.15) is 0 Å². The molecule has 8 heteroatoms. The Morgan fingerprint density at radius 2 is 0.517 bits per heavy atom. The number of hydrogen-bond acceptors (Lipinski definition) is 8. The Kier molecular flexibility index (Phi) is 12.8. The molecule has 8 rings (SSSR count). The van der Waals surface area contributed by atoms with Crippen LogP contribution in [0, 0.1) is 13.8 Å². The van der Waals surface area contributed by atoms with Gasteiger partial charge in [-0.15, -0.1) is 0 Å². The third-order valence-electron chi connectivity index (χ3n) is 9.59. The van der Waals surface area contributed by atoms with Crippen molar-refractivity contribution in [2.24, 2.45) is 0 Å². The highest BCUT2D eigenvalue weighted by molar-refractivity contribution is 5.49. The Morgan fingerprint density at radius 1 is 0.283 bits per heavy atom. The second kappa shape index (κ2) is 19.1. The molecule has 0 atom stereocenters. The van der Waals surface area contributed by atoms with Crippen molar-refractivity contribution in [1.29, 1.82) is 0 Å². The first-order valence-corrected chi connectivity index (χ1v) is 19.6. The molecule has 0 aliphatic heterocycles. The first kappa shape index (κ1) is 40.4. The van der Waals surface area contributed by atoms with Gasteiger partial charge in [0.15, 0.2) is 0 Å². The number of anilines is 4. The van der Waals surface area contributed by atoms with Gasteiger partial charge in [0.1, 0.15) is 46.0 Å². The van der Waals surface area contributed by atoms with Crippen molar-refractivity contribution < 1.29 is 18.9 Å². The van der Waals surface area contributed by atoms with Gasteiger partial charge in [-0.3, -0.25) is 0 Å². The second-order valence-electron chi connectivity index (χ2n) is 14.5. The highest BCUT2D eigenvalue weighted by Crippen LogP contribution is 2.30. The van der Waals surface area contributed by atoms with E-state index in [1.54, 1.807) is 0 Å². The van der Waals surface area contributed by atoms with Gasteiger partial charge < -0.3 is 41.9 Å². The van der Waals surface area contributed by atoms with Crippen molar-refractivity contribution in [3.63, 3.8) is 0 Å². The molecule has 0 saturated carbocycles. The van der Waals surface area contributed by atoms with Gasteiger partial charge in [0.05, 0.1) is 0 Å². The van der Waals surface area contributed by atoms with Gasteiger partial charge >= 0.3 is 0 Å². The fourth-order valence-electron chi connectivity index (χ4n) is 6.36. The van der Waals surface area contributed by atoms with Crippen molar-refractivity contribution in [1.82, 2.24) is 0 Å². The van der Waals surface area contributed by atoms with Crippen LogP contribution in [0.3, 0.4) is 0 Å². The third-order valence-corrected chi connectivity index (χ3v) is 9.59. The molecule has 8 nitrogen and oxygen atoms in total. The summed E-state index contributed by atoms with van der Waals surface area (Å²) in [5.74, 6) is 6.37. The highest BCUT2D eigenvalue weighted by atomic mass is 16.5. The van der Waals surface area contributed by atoms with E-state index in [9.17, 15) is 0 Å². The first-order chi connectivity index (χ1) is 29.1. The van der Waals surface area contributed by atoms with Gasteiger partial charge in [0.25, 0.3) is 0 Å². The summed E-state index contributed by atoms with van der Waals surface area (Å²) in [4.78, 5) is 0. The fraction of sp³-hybridized carbons (Fsp3) is 0.0769. The Labute approximate surface area is 351 Å². The number of nitrogens with two attached hydrogens (primary N) is 4. The molecule has 0 fully saturated rings. The van der Waals surface area contributed by atoms with Gasteiger partial charge in [0.2, 0.25) is 0 Å². The maximum absolute atomic E-state index is 5.99. The van der Waals surface area contributed by atoms with Crippen molar-refractivity contribution in [2.75, 3.05) is 22.9 Å². The van der Waals surface area contributed by atoms with Gasteiger partial charge in [0, 0.05) is 22.7 Å². The second-order valence-corrected chi connectivity index (χ2v) is 14.5. The van der Waals surface area contributed by atoms with E-state index < -0.39 is 0 Å². The molecule has 8 aromatic rings. The van der Waals surface area contributed by atoms with Crippen molar-refractivity contribution >= 4 is 22.7 Å². The smallest absolute Gasteiger partial charge is 0.130 e. The zero-order valence-electron chi connectivity index (χ0n) is 33.7. The number of ether oxygens (including phenoxy) is 4. The minimum atomic E-state index is 0.720. The van der Waals surface area contributed by atoms with Crippen LogP contribution in [-0.2, 0) is 12.8 Å². The molecule has 0 unspecified atom stereocenters. The molecule has 8 aromatic carbocycles. The van der Waals surface area contributed by atoms with E-state index in [1.165, 1.54) is 22.3 Å². The number of aryl methyl sites for hydroxylation is 2. The monoisotopic (exact) mass is 792 g/mol. The van der Waals surface area contributed by atoms with E-state index >= 15 is 0 Å². The van der Waals surface area contributed by atoms with Crippen LogP contribution in [0.1, 0.15) is 33.4 Å². The SMILES string of the molecule is Cc1cc(Cc2ccc(Oc3ccc(N)cc3)c(C)c2)ccc1Oc1ccc(N)cc1.Nc1ccc(Oc2ccc(Cc3ccc(Oc4ccc(N)cc4)cc3)cc2)cc1. The van der Waals surface area contributed by atoms with Crippen LogP contribution in [-0.4, -0.2) is 0 Å². The zero-order chi connectivity index (χ0) is 41.8. The molecular formula is C52H48N4O4. The topological polar surface area (TPSA) is 141 Å². The molecule has 0 aliphatic rings. The Balaban J connectivity index is 0.000000182. The molecular weight excluding hydrogens is 745 g/mol. The van der Waals surface area contributed by atoms with E-state index in [0.29, 0.717) is 0 Å². The summed E-state index contributed by atoms with van der Waals surface area (Å²) < 4.78 is 23.7. The number of nitrogen functional groups attached to an aromatic ring is 4. The largest absolute Gasteiger partial charge is 0.457 e. The molecule has 0 amide bonds. The lowest BCUT2D eigenvalue weighted by atomic mass is 10.0. The molecule has 0 heterocycles. The normalized spacial score (nSPS) is 10.6. The van der Waals surface area contributed by atoms with Crippen LogP contribution in [0.15, 0.2) is 182 Å². The molecule has 0 spiro atoms. The minimum absolute atomic E-state index is 0.720. The van der Waals surface area contributed by atoms with E-state index in [2.05, 4.69) is 62.4 Å². The molecule has 0 aliphatic carbocycles. The summed E-state index contributed by atoms with van der Waals surface area (Å²) in [6, 6.07) is 58.4. The average molecular weight is 793 g/mol. The summed E-state index contributed by atoms with van der Waals surface area (Å²) in [7, 11) is 0. The lowest BCUT2D eigenvalue weighted by Gasteiger charge is -2.12. The van der Waals surface area contributed by atoms with Crippen LogP contribution in [0.5, 0.6) is 46.0 Å².